The summed E-state index contributed by atoms with van der Waals surface area (Å²) in [6.45, 7) is 2.91. The Kier molecular flexibility index (Phi) is 7.87. The first-order chi connectivity index (χ1) is 6.57. The largest absolute Gasteiger partial charge is 0.382 e. The number of thiol groups is 1. The molecule has 0 bridgehead atoms. The normalized spacial score (nSPS) is 14.9. The van der Waals surface area contributed by atoms with Crippen LogP contribution in [0.4, 0.5) is 0 Å². The first-order valence-electron chi connectivity index (χ1n) is 4.38. The number of carbonyl (C=O) groups is 1. The van der Waals surface area contributed by atoms with Crippen LogP contribution in [-0.2, 0) is 14.3 Å². The average molecular weight is 222 g/mol. The van der Waals surface area contributed by atoms with Crippen molar-refractivity contribution in [3.8, 4) is 0 Å². The number of carbonyl (C=O) groups excluding carboxylic acids is 1. The quantitative estimate of drug-likeness (QED) is 0.304. The maximum absolute atomic E-state index is 11.2. The summed E-state index contributed by atoms with van der Waals surface area (Å²) in [5.41, 5.74) is 5.38. The van der Waals surface area contributed by atoms with Gasteiger partial charge in [0.15, 0.2) is 0 Å². The molecule has 84 valence electrons. The summed E-state index contributed by atoms with van der Waals surface area (Å²) in [5.74, 6) is -0.222. The van der Waals surface area contributed by atoms with Crippen LogP contribution in [-0.4, -0.2) is 44.3 Å². The van der Waals surface area contributed by atoms with Crippen molar-refractivity contribution < 1.29 is 14.3 Å². The summed E-state index contributed by atoms with van der Waals surface area (Å²) < 4.78 is 9.91. The summed E-state index contributed by atoms with van der Waals surface area (Å²) in [4.78, 5) is 11.2. The second-order valence-corrected chi connectivity index (χ2v) is 3.50. The fourth-order valence-corrected chi connectivity index (χ4v) is 0.913. The molecular weight excluding hydrogens is 204 g/mol. The second kappa shape index (κ2) is 8.05. The van der Waals surface area contributed by atoms with E-state index in [1.165, 1.54) is 0 Å². The lowest BCUT2D eigenvalue weighted by Gasteiger charge is -2.13. The predicted octanol–water partition coefficient (Wildman–Crippen LogP) is -0.631. The van der Waals surface area contributed by atoms with Crippen molar-refractivity contribution in [3.05, 3.63) is 0 Å². The number of nitrogens with two attached hydrogens (primary N) is 1. The third-order valence-electron chi connectivity index (χ3n) is 1.38. The van der Waals surface area contributed by atoms with Crippen LogP contribution in [0.1, 0.15) is 6.92 Å². The first kappa shape index (κ1) is 13.7. The molecule has 0 saturated heterocycles. The van der Waals surface area contributed by atoms with Gasteiger partial charge in [-0.05, 0) is 6.92 Å². The van der Waals surface area contributed by atoms with Gasteiger partial charge in [-0.3, -0.25) is 4.79 Å². The average Bonchev–Trinajstić information content (AvgIpc) is 2.11. The van der Waals surface area contributed by atoms with Crippen molar-refractivity contribution in [1.29, 1.82) is 0 Å². The molecule has 2 unspecified atom stereocenters. The van der Waals surface area contributed by atoms with Gasteiger partial charge in [-0.1, -0.05) is 0 Å². The van der Waals surface area contributed by atoms with Crippen LogP contribution >= 0.6 is 12.6 Å². The third-order valence-corrected chi connectivity index (χ3v) is 1.76. The van der Waals surface area contributed by atoms with Crippen molar-refractivity contribution in [3.63, 3.8) is 0 Å². The van der Waals surface area contributed by atoms with Crippen LogP contribution in [0.15, 0.2) is 0 Å². The molecule has 2 atom stereocenters. The zero-order valence-electron chi connectivity index (χ0n) is 8.53. The molecule has 6 heteroatoms. The van der Waals surface area contributed by atoms with E-state index in [4.69, 9.17) is 15.2 Å². The highest BCUT2D eigenvalue weighted by Gasteiger charge is 2.14. The van der Waals surface area contributed by atoms with Crippen LogP contribution in [0.25, 0.3) is 0 Å². The molecule has 0 spiro atoms. The molecule has 0 aromatic heterocycles. The van der Waals surface area contributed by atoms with E-state index in [-0.39, 0.29) is 18.7 Å². The molecule has 0 aliphatic rings. The standard InChI is InChI=1S/C8H18N2O3S/c1-6(9)10-8(11)7(14)5-13-4-3-12-2/h6-7,14H,3-5,9H2,1-2H3,(H,10,11). The summed E-state index contributed by atoms with van der Waals surface area (Å²) in [6.07, 6.45) is -0.365. The Hall–Kier alpha value is -0.300. The Balaban J connectivity index is 3.52. The highest BCUT2D eigenvalue weighted by molar-refractivity contribution is 7.81. The predicted molar refractivity (Wildman–Crippen MR) is 57.3 cm³/mol. The monoisotopic (exact) mass is 222 g/mol. The van der Waals surface area contributed by atoms with Crippen LogP contribution in [0.5, 0.6) is 0 Å². The Morgan fingerprint density at radius 3 is 2.71 bits per heavy atom. The Morgan fingerprint density at radius 1 is 1.57 bits per heavy atom. The summed E-state index contributed by atoms with van der Waals surface area (Å²) in [6, 6.07) is 0. The third kappa shape index (κ3) is 7.14. The molecule has 0 aromatic rings. The maximum atomic E-state index is 11.2. The fraction of sp³-hybridized carbons (Fsp3) is 0.875. The van der Waals surface area contributed by atoms with Gasteiger partial charge in [-0.15, -0.1) is 0 Å². The van der Waals surface area contributed by atoms with Gasteiger partial charge in [0.1, 0.15) is 5.25 Å². The van der Waals surface area contributed by atoms with Crippen molar-refractivity contribution in [1.82, 2.24) is 5.32 Å². The zero-order valence-corrected chi connectivity index (χ0v) is 9.42. The molecule has 0 heterocycles. The lowest BCUT2D eigenvalue weighted by atomic mass is 10.4. The molecule has 0 radical (unpaired) electrons. The zero-order chi connectivity index (χ0) is 11.0. The molecule has 0 aliphatic carbocycles. The molecule has 0 aliphatic heterocycles. The van der Waals surface area contributed by atoms with Crippen molar-refractivity contribution in [2.24, 2.45) is 5.73 Å². The SMILES string of the molecule is COCCOCC(S)C(=O)NC(C)N. The van der Waals surface area contributed by atoms with Gasteiger partial charge in [0.2, 0.25) is 5.91 Å². The van der Waals surface area contributed by atoms with Gasteiger partial charge < -0.3 is 20.5 Å². The number of nitrogens with one attached hydrogen (secondary N) is 1. The Labute approximate surface area is 89.7 Å². The first-order valence-corrected chi connectivity index (χ1v) is 4.90. The van der Waals surface area contributed by atoms with Crippen molar-refractivity contribution in [2.45, 2.75) is 18.3 Å². The Bertz CT molecular complexity index is 167. The summed E-state index contributed by atoms with van der Waals surface area (Å²) >= 11 is 4.07. The lowest BCUT2D eigenvalue weighted by molar-refractivity contribution is -0.122. The summed E-state index contributed by atoms with van der Waals surface area (Å²) in [5, 5.41) is 2.05. The van der Waals surface area contributed by atoms with E-state index in [1.807, 2.05) is 0 Å². The molecule has 14 heavy (non-hydrogen) atoms. The number of hydrogen-bond acceptors (Lipinski definition) is 5. The molecule has 0 rings (SSSR count). The second-order valence-electron chi connectivity index (χ2n) is 2.88. The van der Waals surface area contributed by atoms with Gasteiger partial charge >= 0.3 is 0 Å². The van der Waals surface area contributed by atoms with Gasteiger partial charge in [-0.25, -0.2) is 0 Å². The summed E-state index contributed by atoms with van der Waals surface area (Å²) in [7, 11) is 1.59. The van der Waals surface area contributed by atoms with Crippen molar-refractivity contribution >= 4 is 18.5 Å². The molecule has 1 amide bonds. The molecular formula is C8H18N2O3S. The van der Waals surface area contributed by atoms with Gasteiger partial charge in [0.05, 0.1) is 26.0 Å². The van der Waals surface area contributed by atoms with E-state index in [9.17, 15) is 4.79 Å². The maximum Gasteiger partial charge on any atom is 0.236 e. The number of hydrogen-bond donors (Lipinski definition) is 3. The van der Waals surface area contributed by atoms with Crippen LogP contribution in [0, 0.1) is 0 Å². The minimum Gasteiger partial charge on any atom is -0.382 e. The fourth-order valence-electron chi connectivity index (χ4n) is 0.733. The molecule has 0 fully saturated rings. The number of amides is 1. The van der Waals surface area contributed by atoms with E-state index in [0.29, 0.717) is 13.2 Å². The molecule has 0 saturated carbocycles. The highest BCUT2D eigenvalue weighted by atomic mass is 32.1. The Morgan fingerprint density at radius 2 is 2.21 bits per heavy atom. The molecule has 5 nitrogen and oxygen atoms in total. The van der Waals surface area contributed by atoms with E-state index in [0.717, 1.165) is 0 Å². The van der Waals surface area contributed by atoms with E-state index < -0.39 is 5.25 Å². The van der Waals surface area contributed by atoms with Crippen molar-refractivity contribution in [2.75, 3.05) is 26.9 Å². The van der Waals surface area contributed by atoms with E-state index >= 15 is 0 Å². The van der Waals surface area contributed by atoms with Gasteiger partial charge in [0, 0.05) is 7.11 Å². The number of methoxy groups -OCH3 is 1. The van der Waals surface area contributed by atoms with E-state index in [2.05, 4.69) is 17.9 Å². The van der Waals surface area contributed by atoms with E-state index in [1.54, 1.807) is 14.0 Å². The van der Waals surface area contributed by atoms with Crippen LogP contribution in [0.3, 0.4) is 0 Å². The minimum absolute atomic E-state index is 0.222. The number of ether oxygens (including phenoxy) is 2. The van der Waals surface area contributed by atoms with Crippen LogP contribution < -0.4 is 11.1 Å². The smallest absolute Gasteiger partial charge is 0.236 e. The number of rotatable bonds is 7. The topological polar surface area (TPSA) is 73.6 Å². The van der Waals surface area contributed by atoms with Crippen LogP contribution in [0.2, 0.25) is 0 Å². The highest BCUT2D eigenvalue weighted by Crippen LogP contribution is 1.96. The van der Waals surface area contributed by atoms with Gasteiger partial charge in [-0.2, -0.15) is 12.6 Å². The van der Waals surface area contributed by atoms with Gasteiger partial charge in [0.25, 0.3) is 0 Å². The molecule has 3 N–H and O–H groups in total. The minimum atomic E-state index is -0.488. The lowest BCUT2D eigenvalue weighted by Crippen LogP contribution is -2.44. The molecule has 0 aromatic carbocycles.